The average molecular weight is 325 g/mol. The molecule has 2 aromatic carbocycles. The molecule has 0 amide bonds. The van der Waals surface area contributed by atoms with Gasteiger partial charge in [0, 0.05) is 12.4 Å². The Hall–Kier alpha value is -2.58. The third-order valence-corrected chi connectivity index (χ3v) is 4.80. The molecule has 0 bridgehead atoms. The lowest BCUT2D eigenvalue weighted by atomic mass is 10.3. The van der Waals surface area contributed by atoms with Gasteiger partial charge in [-0.05, 0) is 35.9 Å². The number of pyridine rings is 1. The van der Waals surface area contributed by atoms with E-state index in [0.717, 1.165) is 5.56 Å². The van der Waals surface area contributed by atoms with Crippen molar-refractivity contribution in [3.05, 3.63) is 90.8 Å². The summed E-state index contributed by atoms with van der Waals surface area (Å²) in [6.07, 6.45) is 3.48. The highest BCUT2D eigenvalue weighted by atomic mass is 31.2. The zero-order valence-corrected chi connectivity index (χ0v) is 13.3. The first-order valence-electron chi connectivity index (χ1n) is 7.21. The van der Waals surface area contributed by atoms with Gasteiger partial charge in [-0.15, -0.1) is 0 Å². The van der Waals surface area contributed by atoms with E-state index in [2.05, 4.69) is 4.98 Å². The lowest BCUT2D eigenvalue weighted by Crippen LogP contribution is -2.04. The molecule has 5 heteroatoms. The molecule has 0 radical (unpaired) electrons. The van der Waals surface area contributed by atoms with Crippen LogP contribution in [0.2, 0.25) is 0 Å². The monoisotopic (exact) mass is 325 g/mol. The molecule has 0 saturated heterocycles. The number of benzene rings is 2. The van der Waals surface area contributed by atoms with Gasteiger partial charge in [-0.1, -0.05) is 42.5 Å². The van der Waals surface area contributed by atoms with E-state index in [0.29, 0.717) is 11.5 Å². The van der Waals surface area contributed by atoms with Gasteiger partial charge in [0.25, 0.3) is 0 Å². The number of nitrogens with zero attached hydrogens (tertiary/aromatic N) is 1. The molecule has 3 rings (SSSR count). The molecule has 0 spiro atoms. The molecule has 0 unspecified atom stereocenters. The third-order valence-electron chi connectivity index (χ3n) is 3.07. The van der Waals surface area contributed by atoms with Gasteiger partial charge in [0.1, 0.15) is 11.5 Å². The van der Waals surface area contributed by atoms with Crippen molar-refractivity contribution >= 4 is 7.60 Å². The van der Waals surface area contributed by atoms with Crippen LogP contribution >= 0.6 is 7.60 Å². The van der Waals surface area contributed by atoms with Gasteiger partial charge < -0.3 is 9.05 Å². The predicted molar refractivity (Wildman–Crippen MR) is 89.7 cm³/mol. The second-order valence-electron chi connectivity index (χ2n) is 4.94. The molecule has 4 nitrogen and oxygen atoms in total. The quantitative estimate of drug-likeness (QED) is 0.603. The highest BCUT2D eigenvalue weighted by Crippen LogP contribution is 2.51. The largest absolute Gasteiger partial charge is 0.435 e. The maximum Gasteiger partial charge on any atom is 0.435 e. The first-order chi connectivity index (χ1) is 11.2. The molecule has 23 heavy (non-hydrogen) atoms. The van der Waals surface area contributed by atoms with Crippen molar-refractivity contribution in [1.29, 1.82) is 0 Å². The Labute approximate surface area is 135 Å². The maximum atomic E-state index is 13.2. The SMILES string of the molecule is O=P(Cc1cccnc1)(Oc1ccccc1)Oc1ccccc1. The third kappa shape index (κ3) is 4.44. The molecule has 0 atom stereocenters. The van der Waals surface area contributed by atoms with E-state index in [1.807, 2.05) is 42.5 Å². The number of hydrogen-bond donors (Lipinski definition) is 0. The standard InChI is InChI=1S/C18H16NO3P/c20-23(15-16-8-7-13-19-14-16,21-17-9-3-1-4-10-17)22-18-11-5-2-6-12-18/h1-14H,15H2. The minimum absolute atomic E-state index is 0.143. The van der Waals surface area contributed by atoms with Gasteiger partial charge in [-0.3, -0.25) is 4.98 Å². The second kappa shape index (κ2) is 7.12. The fourth-order valence-electron chi connectivity index (χ4n) is 2.08. The summed E-state index contributed by atoms with van der Waals surface area (Å²) in [5.74, 6) is 1.02. The van der Waals surface area contributed by atoms with Crippen LogP contribution in [-0.4, -0.2) is 4.98 Å². The van der Waals surface area contributed by atoms with Crippen LogP contribution < -0.4 is 9.05 Å². The van der Waals surface area contributed by atoms with E-state index in [4.69, 9.17) is 9.05 Å². The van der Waals surface area contributed by atoms with E-state index in [1.165, 1.54) is 0 Å². The lowest BCUT2D eigenvalue weighted by molar-refractivity contribution is 0.384. The highest BCUT2D eigenvalue weighted by Gasteiger charge is 2.29. The molecule has 0 aliphatic rings. The molecule has 0 N–H and O–H groups in total. The van der Waals surface area contributed by atoms with Crippen LogP contribution in [0.4, 0.5) is 0 Å². The molecule has 0 aliphatic carbocycles. The molecule has 1 heterocycles. The normalized spacial score (nSPS) is 11.0. The molecule has 0 fully saturated rings. The van der Waals surface area contributed by atoms with Crippen molar-refractivity contribution in [1.82, 2.24) is 4.98 Å². The van der Waals surface area contributed by atoms with Crippen LogP contribution in [0.25, 0.3) is 0 Å². The van der Waals surface area contributed by atoms with Gasteiger partial charge in [0.15, 0.2) is 0 Å². The number of hydrogen-bond acceptors (Lipinski definition) is 4. The first-order valence-corrected chi connectivity index (χ1v) is 8.94. The predicted octanol–water partition coefficient (Wildman–Crippen LogP) is 4.93. The number of rotatable bonds is 6. The van der Waals surface area contributed by atoms with Crippen LogP contribution in [0.1, 0.15) is 5.56 Å². The maximum absolute atomic E-state index is 13.2. The Balaban J connectivity index is 1.87. The van der Waals surface area contributed by atoms with Crippen molar-refractivity contribution in [3.8, 4) is 11.5 Å². The van der Waals surface area contributed by atoms with Gasteiger partial charge >= 0.3 is 7.60 Å². The van der Waals surface area contributed by atoms with E-state index in [-0.39, 0.29) is 6.16 Å². The smallest absolute Gasteiger partial charge is 0.416 e. The van der Waals surface area contributed by atoms with Crippen molar-refractivity contribution in [2.75, 3.05) is 0 Å². The van der Waals surface area contributed by atoms with Crippen molar-refractivity contribution in [2.45, 2.75) is 6.16 Å². The van der Waals surface area contributed by atoms with E-state index in [1.54, 1.807) is 42.7 Å². The first kappa shape index (κ1) is 15.3. The van der Waals surface area contributed by atoms with E-state index >= 15 is 0 Å². The highest BCUT2D eigenvalue weighted by molar-refractivity contribution is 7.53. The minimum atomic E-state index is -3.43. The minimum Gasteiger partial charge on any atom is -0.416 e. The average Bonchev–Trinajstić information content (AvgIpc) is 2.57. The summed E-state index contributed by atoms with van der Waals surface area (Å²) in [7, 11) is -3.43. The Morgan fingerprint density at radius 1 is 0.783 bits per heavy atom. The lowest BCUT2D eigenvalue weighted by Gasteiger charge is -2.20. The molecule has 0 saturated carbocycles. The Morgan fingerprint density at radius 2 is 1.35 bits per heavy atom. The zero-order chi connectivity index (χ0) is 16.0. The summed E-state index contributed by atoms with van der Waals surface area (Å²) in [6, 6.07) is 21.7. The summed E-state index contributed by atoms with van der Waals surface area (Å²) >= 11 is 0. The Morgan fingerprint density at radius 3 is 1.83 bits per heavy atom. The number of para-hydroxylation sites is 2. The Kier molecular flexibility index (Phi) is 4.74. The zero-order valence-electron chi connectivity index (χ0n) is 12.4. The molecule has 3 aromatic rings. The van der Waals surface area contributed by atoms with Crippen LogP contribution in [0, 0.1) is 0 Å². The number of aromatic nitrogens is 1. The summed E-state index contributed by atoms with van der Waals surface area (Å²) in [5, 5.41) is 0. The molecule has 116 valence electrons. The van der Waals surface area contributed by atoms with Gasteiger partial charge in [-0.25, -0.2) is 4.57 Å². The molecular weight excluding hydrogens is 309 g/mol. The summed E-state index contributed by atoms with van der Waals surface area (Å²) in [4.78, 5) is 4.05. The molecule has 0 aliphatic heterocycles. The van der Waals surface area contributed by atoms with E-state index < -0.39 is 7.60 Å². The fourth-order valence-corrected chi connectivity index (χ4v) is 3.77. The van der Waals surface area contributed by atoms with Gasteiger partial charge in [0.05, 0.1) is 6.16 Å². The van der Waals surface area contributed by atoms with Crippen LogP contribution in [0.5, 0.6) is 11.5 Å². The molecular formula is C18H16NO3P. The molecule has 1 aromatic heterocycles. The van der Waals surface area contributed by atoms with E-state index in [9.17, 15) is 4.57 Å². The van der Waals surface area contributed by atoms with Crippen LogP contribution in [-0.2, 0) is 10.7 Å². The Bertz CT molecular complexity index is 671. The summed E-state index contributed by atoms with van der Waals surface area (Å²) in [5.41, 5.74) is 0.794. The van der Waals surface area contributed by atoms with Gasteiger partial charge in [0.2, 0.25) is 0 Å². The van der Waals surface area contributed by atoms with Crippen molar-refractivity contribution in [2.24, 2.45) is 0 Å². The van der Waals surface area contributed by atoms with Crippen LogP contribution in [0.15, 0.2) is 85.2 Å². The topological polar surface area (TPSA) is 48.4 Å². The second-order valence-corrected chi connectivity index (χ2v) is 6.84. The van der Waals surface area contributed by atoms with Gasteiger partial charge in [-0.2, -0.15) is 0 Å². The fraction of sp³-hybridized carbons (Fsp3) is 0.0556. The van der Waals surface area contributed by atoms with Crippen molar-refractivity contribution in [3.63, 3.8) is 0 Å². The summed E-state index contributed by atoms with van der Waals surface area (Å²) in [6.45, 7) is 0. The summed E-state index contributed by atoms with van der Waals surface area (Å²) < 4.78 is 24.7. The van der Waals surface area contributed by atoms with Crippen molar-refractivity contribution < 1.29 is 13.6 Å². The van der Waals surface area contributed by atoms with Crippen LogP contribution in [0.3, 0.4) is 0 Å².